The number of aldehydes is 1. The molecule has 47 heavy (non-hydrogen) atoms. The van der Waals surface area contributed by atoms with E-state index in [0.29, 0.717) is 26.0 Å². The summed E-state index contributed by atoms with van der Waals surface area (Å²) in [6, 6.07) is 33.2. The smallest absolute Gasteiger partial charge is 0.287 e. The van der Waals surface area contributed by atoms with Gasteiger partial charge in [0, 0.05) is 11.1 Å². The normalized spacial score (nSPS) is 10.2. The van der Waals surface area contributed by atoms with Crippen LogP contribution in [0.25, 0.3) is 44.5 Å². The molecule has 2 N–H and O–H groups in total. The minimum absolute atomic E-state index is 0.110. The van der Waals surface area contributed by atoms with Crippen LogP contribution in [0.15, 0.2) is 116 Å². The SMILES string of the molecule is Nc1c(C=C(Br)Br)ccc2ccccc12.O=Cc1ccc2ccccc2c1[N+](=O)[O-].O=[N+]([O-])c1c(C=C(Br)Br)ccc2ccccc12. The van der Waals surface area contributed by atoms with Gasteiger partial charge in [0.2, 0.25) is 0 Å². The molecule has 0 saturated carbocycles. The van der Waals surface area contributed by atoms with Crippen LogP contribution in [-0.2, 0) is 0 Å². The molecule has 8 nitrogen and oxygen atoms in total. The third-order valence-corrected chi connectivity index (χ3v) is 7.81. The molecule has 0 aromatic heterocycles. The standard InChI is InChI=1S/C12H7Br2NO2.C12H9Br2N.C11H7NO3/c13-11(14)7-9-6-5-8-3-1-2-4-10(8)12(9)15(16)17;13-11(14)7-9-6-5-8-3-1-2-4-10(8)12(9)15;13-7-9-6-5-8-3-1-2-4-10(8)11(9)12(14)15/h1-7H;1-7H,15H2;1-7H. The number of benzene rings is 6. The molecule has 0 spiro atoms. The van der Waals surface area contributed by atoms with Crippen molar-refractivity contribution in [3.63, 3.8) is 0 Å². The summed E-state index contributed by atoms with van der Waals surface area (Å²) in [6.07, 6.45) is 4.12. The van der Waals surface area contributed by atoms with Crippen LogP contribution in [0.4, 0.5) is 17.1 Å². The lowest BCUT2D eigenvalue weighted by Gasteiger charge is -2.05. The first-order chi connectivity index (χ1) is 22.5. The van der Waals surface area contributed by atoms with E-state index in [1.54, 1.807) is 54.6 Å². The Morgan fingerprint density at radius 2 is 0.894 bits per heavy atom. The Morgan fingerprint density at radius 1 is 0.532 bits per heavy atom. The van der Waals surface area contributed by atoms with Crippen molar-refractivity contribution in [2.45, 2.75) is 0 Å². The number of carbonyl (C=O) groups excluding carboxylic acids is 1. The van der Waals surface area contributed by atoms with Crippen molar-refractivity contribution < 1.29 is 14.6 Å². The van der Waals surface area contributed by atoms with E-state index in [1.807, 2.05) is 48.5 Å². The molecule has 0 aliphatic carbocycles. The molecular formula is C35H23Br4N3O5. The van der Waals surface area contributed by atoms with Gasteiger partial charge in [-0.15, -0.1) is 0 Å². The van der Waals surface area contributed by atoms with Crippen LogP contribution in [0.2, 0.25) is 0 Å². The summed E-state index contributed by atoms with van der Waals surface area (Å²) in [5, 5.41) is 27.0. The average Bonchev–Trinajstić information content (AvgIpc) is 3.05. The molecule has 0 aliphatic heterocycles. The number of nitrogen functional groups attached to an aromatic ring is 1. The molecule has 6 aromatic rings. The number of nitrogens with zero attached hydrogens (tertiary/aromatic N) is 2. The minimum atomic E-state index is -0.522. The van der Waals surface area contributed by atoms with Crippen LogP contribution in [0.3, 0.4) is 0 Å². The Morgan fingerprint density at radius 3 is 1.34 bits per heavy atom. The monoisotopic (exact) mass is 881 g/mol. The van der Waals surface area contributed by atoms with Crippen molar-refractivity contribution >= 4 is 132 Å². The van der Waals surface area contributed by atoms with Gasteiger partial charge in [0.15, 0.2) is 6.29 Å². The third-order valence-electron chi connectivity index (χ3n) is 6.89. The molecule has 0 aliphatic rings. The van der Waals surface area contributed by atoms with Crippen molar-refractivity contribution in [2.75, 3.05) is 5.73 Å². The van der Waals surface area contributed by atoms with E-state index in [0.717, 1.165) is 36.2 Å². The molecule has 236 valence electrons. The van der Waals surface area contributed by atoms with Crippen LogP contribution in [0, 0.1) is 20.2 Å². The summed E-state index contributed by atoms with van der Waals surface area (Å²) in [6.45, 7) is 0. The third kappa shape index (κ3) is 8.98. The highest BCUT2D eigenvalue weighted by atomic mass is 79.9. The summed E-state index contributed by atoms with van der Waals surface area (Å²) in [5.74, 6) is 0. The van der Waals surface area contributed by atoms with Gasteiger partial charge >= 0.3 is 0 Å². The molecule has 0 atom stereocenters. The van der Waals surface area contributed by atoms with Gasteiger partial charge in [-0.2, -0.15) is 0 Å². The van der Waals surface area contributed by atoms with E-state index in [2.05, 4.69) is 75.9 Å². The highest BCUT2D eigenvalue weighted by Gasteiger charge is 2.18. The maximum absolute atomic E-state index is 11.2. The number of nitro groups is 2. The molecular weight excluding hydrogens is 862 g/mol. The number of nitro benzene ring substituents is 2. The zero-order chi connectivity index (χ0) is 34.1. The largest absolute Gasteiger partial charge is 0.398 e. The molecule has 0 unspecified atom stereocenters. The first-order valence-corrected chi connectivity index (χ1v) is 16.8. The Kier molecular flexibility index (Phi) is 12.5. The molecule has 0 bridgehead atoms. The van der Waals surface area contributed by atoms with Crippen molar-refractivity contribution in [2.24, 2.45) is 0 Å². The molecule has 12 heteroatoms. The van der Waals surface area contributed by atoms with Gasteiger partial charge in [-0.1, -0.05) is 84.9 Å². The molecule has 0 radical (unpaired) electrons. The van der Waals surface area contributed by atoms with Gasteiger partial charge in [-0.05, 0) is 122 Å². The van der Waals surface area contributed by atoms with E-state index < -0.39 is 4.92 Å². The molecule has 0 amide bonds. The Bertz CT molecular complexity index is 2190. The summed E-state index contributed by atoms with van der Waals surface area (Å²) in [7, 11) is 0. The van der Waals surface area contributed by atoms with Gasteiger partial charge in [0.25, 0.3) is 11.4 Å². The van der Waals surface area contributed by atoms with Crippen LogP contribution in [0.1, 0.15) is 21.5 Å². The van der Waals surface area contributed by atoms with Gasteiger partial charge < -0.3 is 5.73 Å². The zero-order valence-electron chi connectivity index (χ0n) is 24.1. The lowest BCUT2D eigenvalue weighted by Crippen LogP contribution is -1.95. The van der Waals surface area contributed by atoms with Crippen LogP contribution >= 0.6 is 63.7 Å². The van der Waals surface area contributed by atoms with E-state index >= 15 is 0 Å². The number of hydrogen-bond acceptors (Lipinski definition) is 6. The van der Waals surface area contributed by atoms with Gasteiger partial charge in [-0.25, -0.2) is 0 Å². The van der Waals surface area contributed by atoms with Crippen molar-refractivity contribution in [1.29, 1.82) is 0 Å². The second-order valence-corrected chi connectivity index (χ2v) is 15.3. The minimum Gasteiger partial charge on any atom is -0.398 e. The van der Waals surface area contributed by atoms with E-state index in [-0.39, 0.29) is 21.9 Å². The first kappa shape index (κ1) is 35.6. The number of rotatable bonds is 5. The quantitative estimate of drug-likeness (QED) is 0.0794. The Labute approximate surface area is 302 Å². The summed E-state index contributed by atoms with van der Waals surface area (Å²) in [4.78, 5) is 31.8. The van der Waals surface area contributed by atoms with Crippen LogP contribution in [-0.4, -0.2) is 16.1 Å². The number of anilines is 1. The van der Waals surface area contributed by atoms with Gasteiger partial charge in [-0.3, -0.25) is 25.0 Å². The number of hydrogen-bond donors (Lipinski definition) is 1. The molecule has 0 fully saturated rings. The van der Waals surface area contributed by atoms with Crippen molar-refractivity contribution in [1.82, 2.24) is 0 Å². The highest BCUT2D eigenvalue weighted by molar-refractivity contribution is 9.28. The fourth-order valence-electron chi connectivity index (χ4n) is 4.84. The van der Waals surface area contributed by atoms with E-state index in [1.165, 1.54) is 6.07 Å². The van der Waals surface area contributed by atoms with Crippen molar-refractivity contribution in [3.05, 3.63) is 153 Å². The molecule has 0 saturated heterocycles. The molecule has 6 aromatic carbocycles. The zero-order valence-corrected chi connectivity index (χ0v) is 30.5. The van der Waals surface area contributed by atoms with Gasteiger partial charge in [0.1, 0.15) is 0 Å². The molecule has 0 heterocycles. The highest BCUT2D eigenvalue weighted by Crippen LogP contribution is 2.33. The summed E-state index contributed by atoms with van der Waals surface area (Å²) >= 11 is 13.1. The fourth-order valence-corrected chi connectivity index (χ4v) is 5.82. The maximum atomic E-state index is 11.2. The predicted molar refractivity (Wildman–Crippen MR) is 207 cm³/mol. The van der Waals surface area contributed by atoms with Gasteiger partial charge in [0.05, 0.1) is 38.5 Å². The predicted octanol–water partition coefficient (Wildman–Crippen LogP) is 11.9. The van der Waals surface area contributed by atoms with Crippen molar-refractivity contribution in [3.8, 4) is 0 Å². The van der Waals surface area contributed by atoms with E-state index in [9.17, 15) is 25.0 Å². The number of carbonyl (C=O) groups is 1. The number of nitrogens with two attached hydrogens (primary N) is 1. The lowest BCUT2D eigenvalue weighted by atomic mass is 10.0. The number of fused-ring (bicyclic) bond motifs is 3. The lowest BCUT2D eigenvalue weighted by molar-refractivity contribution is -0.383. The Balaban J connectivity index is 0.000000160. The first-order valence-electron chi connectivity index (χ1n) is 13.6. The second-order valence-electron chi connectivity index (χ2n) is 9.74. The summed E-state index contributed by atoms with van der Waals surface area (Å²) in [5.41, 5.74) is 8.58. The Hall–Kier alpha value is -4.23. The fraction of sp³-hybridized carbons (Fsp3) is 0. The number of halogens is 4. The van der Waals surface area contributed by atoms with Crippen LogP contribution in [0.5, 0.6) is 0 Å². The maximum Gasteiger partial charge on any atom is 0.287 e. The topological polar surface area (TPSA) is 129 Å². The summed E-state index contributed by atoms with van der Waals surface area (Å²) < 4.78 is 1.56. The molecule has 6 rings (SSSR count). The average molecular weight is 885 g/mol. The second kappa shape index (κ2) is 16.6. The van der Waals surface area contributed by atoms with Crippen LogP contribution < -0.4 is 5.73 Å². The van der Waals surface area contributed by atoms with E-state index in [4.69, 9.17) is 5.73 Å².